The molecule has 32 heavy (non-hydrogen) atoms. The fraction of sp³-hybridized carbons (Fsp3) is 0.542. The molecule has 2 fully saturated rings. The number of aromatic nitrogens is 2. The number of nitrogens with zero attached hydrogens (tertiary/aromatic N) is 3. The number of nitrogens with one attached hydrogen (secondary N) is 1. The largest absolute Gasteiger partial charge is 0.348 e. The van der Waals surface area contributed by atoms with E-state index in [0.29, 0.717) is 44.5 Å². The first-order valence-electron chi connectivity index (χ1n) is 11.3. The molecule has 0 radical (unpaired) electrons. The van der Waals surface area contributed by atoms with Crippen molar-refractivity contribution < 1.29 is 18.4 Å². The van der Waals surface area contributed by atoms with Gasteiger partial charge in [-0.25, -0.2) is 13.8 Å². The fourth-order valence-electron chi connectivity index (χ4n) is 5.19. The number of aryl methyl sites for hydroxylation is 1. The van der Waals surface area contributed by atoms with Gasteiger partial charge in [0.15, 0.2) is 0 Å². The van der Waals surface area contributed by atoms with Crippen molar-refractivity contribution in [1.82, 2.24) is 19.8 Å². The minimum atomic E-state index is -0.707. The number of likely N-dealkylation sites (tertiary alicyclic amines) is 1. The van der Waals surface area contributed by atoms with Crippen LogP contribution in [0.5, 0.6) is 0 Å². The number of hydrogen-bond donors (Lipinski definition) is 1. The molecule has 0 unspecified atom stereocenters. The Balaban J connectivity index is 1.57. The summed E-state index contributed by atoms with van der Waals surface area (Å²) in [4.78, 5) is 31.7. The van der Waals surface area contributed by atoms with E-state index in [1.54, 1.807) is 11.1 Å². The smallest absolute Gasteiger partial charge is 0.224 e. The average Bonchev–Trinajstić information content (AvgIpc) is 3.29. The number of hydrogen-bond acceptors (Lipinski definition) is 3. The van der Waals surface area contributed by atoms with Gasteiger partial charge in [0.25, 0.3) is 0 Å². The standard InChI is InChI=1S/C24H30F2N4O2/c1-16(2)23-27-8-10-29(23)9-6-22(32)30-14-20(17-11-18(25)13-19(26)12-17)24(15-30)7-4-3-5-21(31)28-24/h8,10-13,16,20H,3-7,9,14-15H2,1-2H3,(H,28,31)/t20-,24+/m0/s1. The molecule has 2 aromatic rings. The quantitative estimate of drug-likeness (QED) is 0.764. The van der Waals surface area contributed by atoms with Crippen molar-refractivity contribution >= 4 is 11.8 Å². The lowest BCUT2D eigenvalue weighted by Crippen LogP contribution is -2.52. The van der Waals surface area contributed by atoms with Crippen LogP contribution in [0.15, 0.2) is 30.6 Å². The van der Waals surface area contributed by atoms with Crippen molar-refractivity contribution in [3.8, 4) is 0 Å². The molecular weight excluding hydrogens is 414 g/mol. The summed E-state index contributed by atoms with van der Waals surface area (Å²) >= 11 is 0. The summed E-state index contributed by atoms with van der Waals surface area (Å²) in [6.07, 6.45) is 6.59. The van der Waals surface area contributed by atoms with E-state index in [9.17, 15) is 18.4 Å². The summed E-state index contributed by atoms with van der Waals surface area (Å²) in [7, 11) is 0. The van der Waals surface area contributed by atoms with Crippen LogP contribution in [0.4, 0.5) is 8.78 Å². The highest BCUT2D eigenvalue weighted by molar-refractivity contribution is 5.79. The lowest BCUT2D eigenvalue weighted by atomic mass is 9.79. The fourth-order valence-corrected chi connectivity index (χ4v) is 5.19. The SMILES string of the molecule is CC(C)c1nccn1CCC(=O)N1C[C@@H](c2cc(F)cc(F)c2)[C@@]2(CCCCC(=O)N2)C1. The number of halogens is 2. The number of amides is 2. The van der Waals surface area contributed by atoms with Crippen LogP contribution >= 0.6 is 0 Å². The van der Waals surface area contributed by atoms with Gasteiger partial charge in [-0.05, 0) is 30.5 Å². The Labute approximate surface area is 187 Å². The van der Waals surface area contributed by atoms with E-state index in [1.165, 1.54) is 12.1 Å². The van der Waals surface area contributed by atoms with Crippen molar-refractivity contribution in [1.29, 1.82) is 0 Å². The van der Waals surface area contributed by atoms with Gasteiger partial charge in [-0.3, -0.25) is 9.59 Å². The van der Waals surface area contributed by atoms with E-state index in [2.05, 4.69) is 24.1 Å². The molecular formula is C24H30F2N4O2. The van der Waals surface area contributed by atoms with Gasteiger partial charge in [-0.1, -0.05) is 20.3 Å². The highest BCUT2D eigenvalue weighted by atomic mass is 19.1. The van der Waals surface area contributed by atoms with E-state index in [-0.39, 0.29) is 23.7 Å². The minimum absolute atomic E-state index is 0.0364. The molecule has 2 saturated heterocycles. The van der Waals surface area contributed by atoms with E-state index in [0.717, 1.165) is 24.7 Å². The van der Waals surface area contributed by atoms with Crippen LogP contribution in [0.1, 0.15) is 69.2 Å². The molecule has 0 bridgehead atoms. The first kappa shape index (κ1) is 22.4. The molecule has 4 rings (SSSR count). The summed E-state index contributed by atoms with van der Waals surface area (Å²) in [5.74, 6) is -0.590. The normalized spacial score (nSPS) is 23.6. The molecule has 2 amide bonds. The number of imidazole rings is 1. The van der Waals surface area contributed by atoms with Crippen LogP contribution in [0.2, 0.25) is 0 Å². The van der Waals surface area contributed by atoms with Gasteiger partial charge in [0, 0.05) is 62.8 Å². The molecule has 2 aliphatic heterocycles. The molecule has 2 aliphatic rings. The zero-order valence-electron chi connectivity index (χ0n) is 18.6. The maximum Gasteiger partial charge on any atom is 0.224 e. The molecule has 1 aromatic carbocycles. The van der Waals surface area contributed by atoms with Gasteiger partial charge in [0.2, 0.25) is 11.8 Å². The van der Waals surface area contributed by atoms with Crippen molar-refractivity contribution in [2.24, 2.45) is 0 Å². The van der Waals surface area contributed by atoms with Gasteiger partial charge in [-0.15, -0.1) is 0 Å². The molecule has 6 nitrogen and oxygen atoms in total. The Bertz CT molecular complexity index is 985. The topological polar surface area (TPSA) is 67.2 Å². The Kier molecular flexibility index (Phi) is 6.31. The maximum atomic E-state index is 14.0. The van der Waals surface area contributed by atoms with Crippen LogP contribution in [0, 0.1) is 11.6 Å². The molecule has 1 N–H and O–H groups in total. The van der Waals surface area contributed by atoms with Crippen molar-refractivity contribution in [2.45, 2.75) is 69.9 Å². The van der Waals surface area contributed by atoms with Crippen LogP contribution in [-0.2, 0) is 16.1 Å². The molecule has 1 spiro atoms. The zero-order valence-corrected chi connectivity index (χ0v) is 18.6. The lowest BCUT2D eigenvalue weighted by Gasteiger charge is -2.34. The summed E-state index contributed by atoms with van der Waals surface area (Å²) in [6.45, 7) is 5.30. The predicted molar refractivity (Wildman–Crippen MR) is 116 cm³/mol. The Morgan fingerprint density at radius 2 is 2.00 bits per heavy atom. The molecule has 0 saturated carbocycles. The first-order chi connectivity index (χ1) is 15.3. The summed E-state index contributed by atoms with van der Waals surface area (Å²) < 4.78 is 30.0. The average molecular weight is 445 g/mol. The summed E-state index contributed by atoms with van der Waals surface area (Å²) in [5.41, 5.74) is -0.224. The Morgan fingerprint density at radius 3 is 2.72 bits per heavy atom. The van der Waals surface area contributed by atoms with Gasteiger partial charge in [-0.2, -0.15) is 0 Å². The number of carbonyl (C=O) groups is 2. The van der Waals surface area contributed by atoms with Crippen LogP contribution in [0.3, 0.4) is 0 Å². The highest BCUT2D eigenvalue weighted by Gasteiger charge is 2.49. The third-order valence-corrected chi connectivity index (χ3v) is 6.68. The molecule has 3 heterocycles. The van der Waals surface area contributed by atoms with Crippen LogP contribution in [0.25, 0.3) is 0 Å². The molecule has 0 aliphatic carbocycles. The predicted octanol–water partition coefficient (Wildman–Crippen LogP) is 3.73. The first-order valence-corrected chi connectivity index (χ1v) is 11.3. The molecule has 8 heteroatoms. The third kappa shape index (κ3) is 4.54. The van der Waals surface area contributed by atoms with Gasteiger partial charge in [0.1, 0.15) is 17.5 Å². The van der Waals surface area contributed by atoms with E-state index < -0.39 is 17.2 Å². The van der Waals surface area contributed by atoms with Gasteiger partial charge in [0.05, 0.1) is 5.54 Å². The summed E-state index contributed by atoms with van der Waals surface area (Å²) in [5, 5.41) is 3.13. The second-order valence-electron chi connectivity index (χ2n) is 9.32. The Hall–Kier alpha value is -2.77. The highest BCUT2D eigenvalue weighted by Crippen LogP contribution is 2.41. The van der Waals surface area contributed by atoms with E-state index in [1.807, 2.05) is 10.8 Å². The molecule has 2 atom stereocenters. The third-order valence-electron chi connectivity index (χ3n) is 6.68. The van der Waals surface area contributed by atoms with Crippen molar-refractivity contribution in [2.75, 3.05) is 13.1 Å². The van der Waals surface area contributed by atoms with Crippen molar-refractivity contribution in [3.63, 3.8) is 0 Å². The van der Waals surface area contributed by atoms with Crippen LogP contribution < -0.4 is 5.32 Å². The number of rotatable bonds is 5. The number of benzene rings is 1. The lowest BCUT2D eigenvalue weighted by molar-refractivity contribution is -0.131. The van der Waals surface area contributed by atoms with E-state index >= 15 is 0 Å². The molecule has 1 aromatic heterocycles. The molecule has 172 valence electrons. The van der Waals surface area contributed by atoms with Gasteiger partial charge < -0.3 is 14.8 Å². The number of carbonyl (C=O) groups excluding carboxylic acids is 2. The monoisotopic (exact) mass is 444 g/mol. The van der Waals surface area contributed by atoms with E-state index in [4.69, 9.17) is 0 Å². The second-order valence-corrected chi connectivity index (χ2v) is 9.32. The van der Waals surface area contributed by atoms with Gasteiger partial charge >= 0.3 is 0 Å². The minimum Gasteiger partial charge on any atom is -0.348 e. The maximum absolute atomic E-state index is 14.0. The summed E-state index contributed by atoms with van der Waals surface area (Å²) in [6, 6.07) is 3.49. The second kappa shape index (κ2) is 9.00. The van der Waals surface area contributed by atoms with Crippen LogP contribution in [-0.4, -0.2) is 44.9 Å². The zero-order chi connectivity index (χ0) is 22.9. The van der Waals surface area contributed by atoms with Crippen molar-refractivity contribution in [3.05, 3.63) is 53.6 Å². The Morgan fingerprint density at radius 1 is 1.25 bits per heavy atom.